The molecule has 1 aromatic carbocycles. The molecule has 29 heavy (non-hydrogen) atoms. The minimum atomic E-state index is -3.50. The summed E-state index contributed by atoms with van der Waals surface area (Å²) in [5.74, 6) is 2.49. The van der Waals surface area contributed by atoms with E-state index in [9.17, 15) is 8.42 Å². The van der Waals surface area contributed by atoms with Gasteiger partial charge in [0.2, 0.25) is 10.0 Å². The summed E-state index contributed by atoms with van der Waals surface area (Å²) >= 11 is 5.87. The van der Waals surface area contributed by atoms with Gasteiger partial charge in [-0.2, -0.15) is 4.31 Å². The van der Waals surface area contributed by atoms with Crippen LogP contribution in [0.1, 0.15) is 19.8 Å². The molecule has 0 atom stereocenters. The zero-order chi connectivity index (χ0) is 20.4. The first-order valence-corrected chi connectivity index (χ1v) is 11.8. The summed E-state index contributed by atoms with van der Waals surface area (Å²) in [5.41, 5.74) is 0. The van der Waals surface area contributed by atoms with E-state index in [1.54, 1.807) is 24.3 Å². The maximum atomic E-state index is 12.8. The van der Waals surface area contributed by atoms with E-state index in [0.717, 1.165) is 30.6 Å². The maximum absolute atomic E-state index is 12.8. The van der Waals surface area contributed by atoms with Gasteiger partial charge in [0.15, 0.2) is 11.6 Å². The third-order valence-electron chi connectivity index (χ3n) is 5.76. The van der Waals surface area contributed by atoms with Crippen molar-refractivity contribution in [1.82, 2.24) is 14.5 Å². The molecular weight excluding hydrogens is 410 g/mol. The van der Waals surface area contributed by atoms with Crippen molar-refractivity contribution in [2.24, 2.45) is 5.92 Å². The highest BCUT2D eigenvalue weighted by Crippen LogP contribution is 2.24. The van der Waals surface area contributed by atoms with E-state index in [-0.39, 0.29) is 4.90 Å². The number of halogens is 1. The topological polar surface area (TPSA) is 69.6 Å². The van der Waals surface area contributed by atoms with Gasteiger partial charge in [-0.3, -0.25) is 0 Å². The summed E-state index contributed by atoms with van der Waals surface area (Å²) < 4.78 is 27.1. The molecule has 0 bridgehead atoms. The van der Waals surface area contributed by atoms with Crippen molar-refractivity contribution in [1.29, 1.82) is 0 Å². The Morgan fingerprint density at radius 1 is 0.828 bits per heavy atom. The van der Waals surface area contributed by atoms with E-state index in [1.165, 1.54) is 17.1 Å². The second kappa shape index (κ2) is 8.45. The Labute approximate surface area is 177 Å². The lowest BCUT2D eigenvalue weighted by Gasteiger charge is -2.35. The number of sulfonamides is 1. The zero-order valence-electron chi connectivity index (χ0n) is 16.5. The number of piperazine rings is 1. The van der Waals surface area contributed by atoms with Gasteiger partial charge < -0.3 is 9.80 Å². The van der Waals surface area contributed by atoms with Crippen LogP contribution in [-0.2, 0) is 10.0 Å². The van der Waals surface area contributed by atoms with Crippen molar-refractivity contribution in [3.05, 3.63) is 41.4 Å². The van der Waals surface area contributed by atoms with Crippen LogP contribution in [0.4, 0.5) is 11.6 Å². The summed E-state index contributed by atoms with van der Waals surface area (Å²) in [4.78, 5) is 4.64. The van der Waals surface area contributed by atoms with Crippen LogP contribution in [0, 0.1) is 5.92 Å². The van der Waals surface area contributed by atoms with Gasteiger partial charge in [-0.15, -0.1) is 10.2 Å². The number of nitrogens with zero attached hydrogens (tertiary/aromatic N) is 5. The van der Waals surface area contributed by atoms with Gasteiger partial charge >= 0.3 is 0 Å². The van der Waals surface area contributed by atoms with Crippen LogP contribution < -0.4 is 9.80 Å². The monoisotopic (exact) mass is 435 g/mol. The van der Waals surface area contributed by atoms with E-state index in [1.807, 2.05) is 12.1 Å². The van der Waals surface area contributed by atoms with Gasteiger partial charge in [0.05, 0.1) is 4.90 Å². The van der Waals surface area contributed by atoms with Crippen LogP contribution >= 0.6 is 11.6 Å². The third-order valence-corrected chi connectivity index (χ3v) is 7.92. The number of hydrogen-bond donors (Lipinski definition) is 0. The zero-order valence-corrected chi connectivity index (χ0v) is 18.1. The first-order valence-electron chi connectivity index (χ1n) is 10.0. The molecule has 0 spiro atoms. The molecule has 4 rings (SSSR count). The summed E-state index contributed by atoms with van der Waals surface area (Å²) in [6, 6.07) is 10.3. The van der Waals surface area contributed by atoms with Gasteiger partial charge in [-0.05, 0) is 55.2 Å². The summed E-state index contributed by atoms with van der Waals surface area (Å²) in [6.45, 7) is 6.34. The molecule has 0 N–H and O–H groups in total. The molecule has 2 aromatic rings. The highest BCUT2D eigenvalue weighted by Gasteiger charge is 2.29. The smallest absolute Gasteiger partial charge is 0.243 e. The van der Waals surface area contributed by atoms with Gasteiger partial charge in [-0.25, -0.2) is 8.42 Å². The van der Waals surface area contributed by atoms with E-state index >= 15 is 0 Å². The quantitative estimate of drug-likeness (QED) is 0.735. The molecule has 2 aliphatic rings. The number of rotatable bonds is 4. The van der Waals surface area contributed by atoms with Crippen molar-refractivity contribution >= 4 is 33.3 Å². The summed E-state index contributed by atoms with van der Waals surface area (Å²) in [5, 5.41) is 9.34. The fourth-order valence-electron chi connectivity index (χ4n) is 3.81. The Morgan fingerprint density at radius 3 is 1.86 bits per heavy atom. The van der Waals surface area contributed by atoms with Crippen LogP contribution in [0.25, 0.3) is 0 Å². The number of benzene rings is 1. The predicted octanol–water partition coefficient (Wildman–Crippen LogP) is 2.88. The Bertz CT molecular complexity index is 920. The Morgan fingerprint density at radius 2 is 1.34 bits per heavy atom. The average molecular weight is 436 g/mol. The van der Waals surface area contributed by atoms with Gasteiger partial charge in [0.25, 0.3) is 0 Å². The largest absolute Gasteiger partial charge is 0.355 e. The molecule has 7 nitrogen and oxygen atoms in total. The van der Waals surface area contributed by atoms with E-state index in [4.69, 9.17) is 11.6 Å². The first kappa shape index (κ1) is 20.4. The minimum Gasteiger partial charge on any atom is -0.355 e. The minimum absolute atomic E-state index is 0.273. The van der Waals surface area contributed by atoms with Gasteiger partial charge in [0.1, 0.15) is 0 Å². The summed E-state index contributed by atoms with van der Waals surface area (Å²) in [7, 11) is -3.50. The highest BCUT2D eigenvalue weighted by molar-refractivity contribution is 7.89. The number of hydrogen-bond acceptors (Lipinski definition) is 6. The van der Waals surface area contributed by atoms with Crippen molar-refractivity contribution in [2.75, 3.05) is 49.1 Å². The second-order valence-electron chi connectivity index (χ2n) is 7.76. The van der Waals surface area contributed by atoms with Gasteiger partial charge in [-0.1, -0.05) is 18.5 Å². The second-order valence-corrected chi connectivity index (χ2v) is 10.1. The molecule has 2 saturated heterocycles. The third kappa shape index (κ3) is 4.49. The number of piperidine rings is 1. The summed E-state index contributed by atoms with van der Waals surface area (Å²) in [6.07, 6.45) is 2.38. The Kier molecular flexibility index (Phi) is 5.94. The van der Waals surface area contributed by atoms with Crippen LogP contribution in [0.3, 0.4) is 0 Å². The normalized spacial score (nSPS) is 19.5. The van der Waals surface area contributed by atoms with Crippen LogP contribution in [0.2, 0.25) is 5.02 Å². The first-order chi connectivity index (χ1) is 13.9. The Balaban J connectivity index is 1.37. The van der Waals surface area contributed by atoms with Crippen molar-refractivity contribution in [3.63, 3.8) is 0 Å². The standard InChI is InChI=1S/C20H26ClN5O2S/c1-16-8-10-24(11-9-16)19-6-7-20(23-22-19)25-12-14-26(15-13-25)29(27,28)18-4-2-17(21)3-5-18/h2-7,16H,8-15H2,1H3. The molecule has 0 aliphatic carbocycles. The average Bonchev–Trinajstić information content (AvgIpc) is 2.75. The molecule has 1 aromatic heterocycles. The van der Waals surface area contributed by atoms with E-state index < -0.39 is 10.0 Å². The molecule has 0 saturated carbocycles. The fourth-order valence-corrected chi connectivity index (χ4v) is 5.35. The van der Waals surface area contributed by atoms with E-state index in [0.29, 0.717) is 31.2 Å². The Hall–Kier alpha value is -1.90. The SMILES string of the molecule is CC1CCN(c2ccc(N3CCN(S(=O)(=O)c4ccc(Cl)cc4)CC3)nn2)CC1. The molecule has 3 heterocycles. The van der Waals surface area contributed by atoms with Crippen LogP contribution in [-0.4, -0.2) is 62.2 Å². The highest BCUT2D eigenvalue weighted by atomic mass is 35.5. The molecule has 2 aliphatic heterocycles. The molecule has 9 heteroatoms. The number of aromatic nitrogens is 2. The van der Waals surface area contributed by atoms with Crippen molar-refractivity contribution in [2.45, 2.75) is 24.7 Å². The van der Waals surface area contributed by atoms with Crippen LogP contribution in [0.5, 0.6) is 0 Å². The lowest BCUT2D eigenvalue weighted by Crippen LogP contribution is -2.49. The molecule has 2 fully saturated rings. The maximum Gasteiger partial charge on any atom is 0.243 e. The molecule has 0 radical (unpaired) electrons. The molecule has 0 unspecified atom stereocenters. The van der Waals surface area contributed by atoms with Crippen LogP contribution in [0.15, 0.2) is 41.3 Å². The van der Waals surface area contributed by atoms with E-state index in [2.05, 4.69) is 26.9 Å². The fraction of sp³-hybridized carbons (Fsp3) is 0.500. The van der Waals surface area contributed by atoms with Crippen molar-refractivity contribution in [3.8, 4) is 0 Å². The predicted molar refractivity (Wildman–Crippen MR) is 115 cm³/mol. The number of anilines is 2. The van der Waals surface area contributed by atoms with Gasteiger partial charge in [0, 0.05) is 44.3 Å². The lowest BCUT2D eigenvalue weighted by atomic mass is 9.99. The molecule has 0 amide bonds. The molecule has 156 valence electrons. The molecular formula is C20H26ClN5O2S. The lowest BCUT2D eigenvalue weighted by molar-refractivity contribution is 0.383. The van der Waals surface area contributed by atoms with Crippen molar-refractivity contribution < 1.29 is 8.42 Å².